The first-order valence-electron chi connectivity index (χ1n) is 9.04. The molecule has 1 amide bonds. The Morgan fingerprint density at radius 2 is 2.10 bits per heavy atom. The van der Waals surface area contributed by atoms with Gasteiger partial charge in [0.1, 0.15) is 5.69 Å². The highest BCUT2D eigenvalue weighted by Gasteiger charge is 2.39. The first-order valence-corrected chi connectivity index (χ1v) is 10.3. The number of carbonyl (C=O) groups is 1. The van der Waals surface area contributed by atoms with Gasteiger partial charge in [0.2, 0.25) is 5.82 Å². The minimum absolute atomic E-state index is 0.0521. The van der Waals surface area contributed by atoms with Gasteiger partial charge in [-0.25, -0.2) is 0 Å². The van der Waals surface area contributed by atoms with E-state index in [0.717, 1.165) is 37.1 Å². The minimum Gasteiger partial charge on any atom is -0.372 e. The van der Waals surface area contributed by atoms with Gasteiger partial charge in [-0.3, -0.25) is 4.79 Å². The van der Waals surface area contributed by atoms with Gasteiger partial charge in [-0.2, -0.15) is 13.2 Å². The second kappa shape index (κ2) is 8.85. The quantitative estimate of drug-likeness (QED) is 0.505. The van der Waals surface area contributed by atoms with E-state index in [1.54, 1.807) is 18.4 Å². The molecule has 2 aromatic rings. The van der Waals surface area contributed by atoms with Crippen LogP contribution in [0.1, 0.15) is 25.3 Å². The summed E-state index contributed by atoms with van der Waals surface area (Å²) in [5.41, 5.74) is 1.83. The number of benzene rings is 1. The maximum atomic E-state index is 12.8. The summed E-state index contributed by atoms with van der Waals surface area (Å²) < 4.78 is 43.4. The lowest BCUT2D eigenvalue weighted by Crippen LogP contribution is -2.30. The number of fused-ring (bicyclic) bond motifs is 1. The molecule has 0 fully saturated rings. The van der Waals surface area contributed by atoms with Gasteiger partial charge in [-0.1, -0.05) is 16.9 Å². The van der Waals surface area contributed by atoms with Crippen LogP contribution in [0.5, 0.6) is 0 Å². The number of nitrogens with zero attached hydrogens (tertiary/aromatic N) is 4. The lowest BCUT2D eigenvalue weighted by atomic mass is 10.1. The van der Waals surface area contributed by atoms with Gasteiger partial charge in [0.25, 0.3) is 0 Å². The zero-order chi connectivity index (χ0) is 21.0. The van der Waals surface area contributed by atoms with Crippen molar-refractivity contribution in [3.63, 3.8) is 0 Å². The predicted octanol–water partition coefficient (Wildman–Crippen LogP) is 5.48. The second-order valence-corrected chi connectivity index (χ2v) is 7.21. The van der Waals surface area contributed by atoms with E-state index in [4.69, 9.17) is 4.52 Å². The van der Waals surface area contributed by atoms with Gasteiger partial charge in [0.15, 0.2) is 5.09 Å². The number of anilines is 2. The number of azo groups is 1. The van der Waals surface area contributed by atoms with Crippen LogP contribution >= 0.6 is 11.8 Å². The molecule has 0 saturated carbocycles. The Morgan fingerprint density at radius 1 is 1.31 bits per heavy atom. The van der Waals surface area contributed by atoms with Crippen LogP contribution in [0.2, 0.25) is 0 Å². The molecule has 3 rings (SSSR count). The van der Waals surface area contributed by atoms with Crippen LogP contribution in [0.3, 0.4) is 0 Å². The van der Waals surface area contributed by atoms with Crippen molar-refractivity contribution in [3.8, 4) is 0 Å². The highest BCUT2D eigenvalue weighted by atomic mass is 32.2. The zero-order valence-electron chi connectivity index (χ0n) is 15.9. The van der Waals surface area contributed by atoms with E-state index in [-0.39, 0.29) is 17.2 Å². The summed E-state index contributed by atoms with van der Waals surface area (Å²) in [6.07, 6.45) is -0.514. The lowest BCUT2D eigenvalue weighted by molar-refractivity contribution is -0.167. The molecule has 7 nitrogen and oxygen atoms in total. The van der Waals surface area contributed by atoms with E-state index in [9.17, 15) is 18.0 Å². The zero-order valence-corrected chi connectivity index (χ0v) is 16.7. The number of halogens is 3. The molecule has 1 aliphatic heterocycles. The number of alkyl halides is 3. The molecule has 2 heterocycles. The molecule has 156 valence electrons. The Bertz CT molecular complexity index is 913. The second-order valence-electron chi connectivity index (χ2n) is 6.39. The van der Waals surface area contributed by atoms with E-state index >= 15 is 0 Å². The third-order valence-electron chi connectivity index (χ3n) is 4.49. The molecule has 0 unspecified atom stereocenters. The average Bonchev–Trinajstić information content (AvgIpc) is 3.05. The van der Waals surface area contributed by atoms with Gasteiger partial charge in [-0.15, -0.1) is 10.2 Å². The number of nitrogens with one attached hydrogen (secondary N) is 1. The molecule has 1 aromatic heterocycles. The fourth-order valence-electron chi connectivity index (χ4n) is 3.06. The fraction of sp³-hybridized carbons (Fsp3) is 0.444. The first-order chi connectivity index (χ1) is 13.8. The van der Waals surface area contributed by atoms with Crippen LogP contribution in [0.4, 0.5) is 36.1 Å². The number of hydrogen-bond donors (Lipinski definition) is 1. The van der Waals surface area contributed by atoms with Crippen LogP contribution in [0.25, 0.3) is 0 Å². The van der Waals surface area contributed by atoms with Gasteiger partial charge < -0.3 is 14.7 Å². The third-order valence-corrected chi connectivity index (χ3v) is 5.08. The first kappa shape index (κ1) is 21.2. The largest absolute Gasteiger partial charge is 0.471 e. The molecular formula is C18H20F3N5O2S. The monoisotopic (exact) mass is 427 g/mol. The molecule has 29 heavy (non-hydrogen) atoms. The van der Waals surface area contributed by atoms with Crippen molar-refractivity contribution in [2.24, 2.45) is 10.2 Å². The molecule has 1 N–H and O–H groups in total. The van der Waals surface area contributed by atoms with E-state index in [0.29, 0.717) is 11.6 Å². The number of aromatic nitrogens is 1. The van der Waals surface area contributed by atoms with Gasteiger partial charge >= 0.3 is 12.1 Å². The van der Waals surface area contributed by atoms with E-state index in [1.165, 1.54) is 17.8 Å². The normalized spacial score (nSPS) is 14.7. The average molecular weight is 427 g/mol. The maximum absolute atomic E-state index is 12.8. The molecule has 0 saturated heterocycles. The SMILES string of the molecule is CCN1CCCCc2cc(N=Nc3cc(SC)on3)c(NC(=O)C(F)(F)F)cc21. The maximum Gasteiger partial charge on any atom is 0.471 e. The predicted molar refractivity (Wildman–Crippen MR) is 104 cm³/mol. The van der Waals surface area contributed by atoms with Gasteiger partial charge in [-0.05, 0) is 50.1 Å². The molecular weight excluding hydrogens is 407 g/mol. The highest BCUT2D eigenvalue weighted by molar-refractivity contribution is 7.98. The Morgan fingerprint density at radius 3 is 2.76 bits per heavy atom. The number of aryl methyl sites for hydroxylation is 1. The number of amides is 1. The van der Waals surface area contributed by atoms with Crippen LogP contribution in [0.15, 0.2) is 38.0 Å². The summed E-state index contributed by atoms with van der Waals surface area (Å²) in [6.45, 7) is 3.48. The number of rotatable bonds is 5. The van der Waals surface area contributed by atoms with Crippen molar-refractivity contribution >= 4 is 40.5 Å². The van der Waals surface area contributed by atoms with Crippen LogP contribution in [-0.2, 0) is 11.2 Å². The van der Waals surface area contributed by atoms with Crippen LogP contribution in [0, 0.1) is 0 Å². The Labute approximate surface area is 169 Å². The van der Waals surface area contributed by atoms with Crippen molar-refractivity contribution in [1.29, 1.82) is 0 Å². The number of thioether (sulfide) groups is 1. The van der Waals surface area contributed by atoms with Crippen LogP contribution < -0.4 is 10.2 Å². The molecule has 1 aromatic carbocycles. The van der Waals surface area contributed by atoms with Crippen molar-refractivity contribution in [1.82, 2.24) is 5.16 Å². The lowest BCUT2D eigenvalue weighted by Gasteiger charge is -2.24. The minimum atomic E-state index is -5.01. The summed E-state index contributed by atoms with van der Waals surface area (Å²) in [6, 6.07) is 4.77. The Kier molecular flexibility index (Phi) is 6.46. The highest BCUT2D eigenvalue weighted by Crippen LogP contribution is 2.38. The van der Waals surface area contributed by atoms with Crippen molar-refractivity contribution in [2.45, 2.75) is 37.5 Å². The molecule has 0 radical (unpaired) electrons. The van der Waals surface area contributed by atoms with Crippen molar-refractivity contribution in [3.05, 3.63) is 23.8 Å². The summed E-state index contributed by atoms with van der Waals surface area (Å²) in [7, 11) is 0. The molecule has 0 aliphatic carbocycles. The Hall–Kier alpha value is -2.56. The van der Waals surface area contributed by atoms with Gasteiger partial charge in [0.05, 0.1) is 5.69 Å². The van der Waals surface area contributed by atoms with Crippen molar-refractivity contribution in [2.75, 3.05) is 29.6 Å². The topological polar surface area (TPSA) is 83.1 Å². The molecule has 0 spiro atoms. The number of hydrogen-bond acceptors (Lipinski definition) is 7. The molecule has 1 aliphatic rings. The van der Waals surface area contributed by atoms with Crippen molar-refractivity contribution < 1.29 is 22.5 Å². The third kappa shape index (κ3) is 5.08. The summed E-state index contributed by atoms with van der Waals surface area (Å²) in [4.78, 5) is 13.6. The Balaban J connectivity index is 2.01. The summed E-state index contributed by atoms with van der Waals surface area (Å²) >= 11 is 1.33. The standard InChI is InChI=1S/C18H20F3N5O2S/c1-3-26-7-5-4-6-11-8-13(23-24-15-10-16(29-2)28-25-15)12(9-14(11)26)22-17(27)18(19,20)21/h8-10H,3-7H2,1-2H3,(H,22,27). The van der Waals surface area contributed by atoms with E-state index in [1.807, 2.05) is 12.2 Å². The van der Waals surface area contributed by atoms with Gasteiger partial charge in [0, 0.05) is 24.8 Å². The number of carbonyl (C=O) groups excluding carboxylic acids is 1. The molecule has 0 atom stereocenters. The summed E-state index contributed by atoms with van der Waals surface area (Å²) in [5, 5.41) is 14.2. The fourth-order valence-corrected chi connectivity index (χ4v) is 3.39. The van der Waals surface area contributed by atoms with E-state index < -0.39 is 12.1 Å². The molecule has 0 bridgehead atoms. The summed E-state index contributed by atoms with van der Waals surface area (Å²) in [5.74, 6) is -1.87. The van der Waals surface area contributed by atoms with E-state index in [2.05, 4.69) is 20.3 Å². The molecule has 11 heteroatoms. The smallest absolute Gasteiger partial charge is 0.372 e. The van der Waals surface area contributed by atoms with Crippen LogP contribution in [-0.4, -0.2) is 36.6 Å².